The highest BCUT2D eigenvalue weighted by molar-refractivity contribution is 7.14. The Kier molecular flexibility index (Phi) is 6.89. The Morgan fingerprint density at radius 3 is 2.38 bits per heavy atom. The Hall–Kier alpha value is -3.97. The number of aromatic nitrogens is 1. The van der Waals surface area contributed by atoms with Gasteiger partial charge in [0.1, 0.15) is 5.75 Å². The van der Waals surface area contributed by atoms with E-state index in [9.17, 15) is 4.79 Å². The molecule has 0 aliphatic carbocycles. The molecule has 0 bridgehead atoms. The number of carbonyl (C=O) groups is 1. The maximum Gasteiger partial charge on any atom is 0.351 e. The minimum atomic E-state index is -0.828. The maximum absolute atomic E-state index is 12.2. The molecule has 0 spiro atoms. The molecule has 1 heterocycles. The number of hydrogen-bond acceptors (Lipinski definition) is 7. The monoisotopic (exact) mass is 443 g/mol. The second-order valence-electron chi connectivity index (χ2n) is 6.77. The number of anilines is 1. The molecule has 7 heteroatoms. The van der Waals surface area contributed by atoms with E-state index in [2.05, 4.69) is 15.5 Å². The maximum atomic E-state index is 12.2. The molecule has 1 unspecified atom stereocenters. The van der Waals surface area contributed by atoms with Crippen molar-refractivity contribution in [2.24, 2.45) is 5.10 Å². The molecule has 32 heavy (non-hydrogen) atoms. The summed E-state index contributed by atoms with van der Waals surface area (Å²) >= 11 is 1.49. The zero-order chi connectivity index (χ0) is 22.2. The molecular formula is C25H21N3O3S. The van der Waals surface area contributed by atoms with E-state index in [4.69, 9.17) is 9.47 Å². The number of nitrogens with zero attached hydrogens (tertiary/aromatic N) is 2. The van der Waals surface area contributed by atoms with Crippen LogP contribution < -0.4 is 10.2 Å². The number of esters is 1. The first kappa shape index (κ1) is 21.3. The Labute approximate surface area is 190 Å². The molecule has 0 aliphatic heterocycles. The van der Waals surface area contributed by atoms with Crippen LogP contribution in [-0.4, -0.2) is 24.3 Å². The summed E-state index contributed by atoms with van der Waals surface area (Å²) < 4.78 is 10.8. The van der Waals surface area contributed by atoms with Crippen LogP contribution in [-0.2, 0) is 9.53 Å². The number of rotatable bonds is 8. The molecule has 0 radical (unpaired) electrons. The second kappa shape index (κ2) is 10.4. The fourth-order valence-corrected chi connectivity index (χ4v) is 3.65. The van der Waals surface area contributed by atoms with E-state index in [1.165, 1.54) is 18.4 Å². The Bertz CT molecular complexity index is 1180. The van der Waals surface area contributed by atoms with E-state index >= 15 is 0 Å². The van der Waals surface area contributed by atoms with Crippen molar-refractivity contribution in [2.75, 3.05) is 12.5 Å². The van der Waals surface area contributed by atoms with E-state index in [1.54, 1.807) is 18.3 Å². The van der Waals surface area contributed by atoms with Crippen molar-refractivity contribution in [3.63, 3.8) is 0 Å². The van der Waals surface area contributed by atoms with Crippen LogP contribution in [0.1, 0.15) is 17.2 Å². The molecular weight excluding hydrogens is 422 g/mol. The van der Waals surface area contributed by atoms with Gasteiger partial charge in [0.15, 0.2) is 0 Å². The van der Waals surface area contributed by atoms with E-state index in [0.717, 1.165) is 22.4 Å². The van der Waals surface area contributed by atoms with Gasteiger partial charge in [-0.1, -0.05) is 60.7 Å². The molecule has 0 saturated heterocycles. The highest BCUT2D eigenvalue weighted by Gasteiger charge is 2.23. The van der Waals surface area contributed by atoms with Crippen LogP contribution in [0.4, 0.5) is 5.13 Å². The average molecular weight is 444 g/mol. The zero-order valence-corrected chi connectivity index (χ0v) is 18.2. The molecule has 6 nitrogen and oxygen atoms in total. The topological polar surface area (TPSA) is 72.8 Å². The summed E-state index contributed by atoms with van der Waals surface area (Å²) in [6, 6.07) is 26.5. The molecule has 1 aromatic heterocycles. The van der Waals surface area contributed by atoms with Gasteiger partial charge >= 0.3 is 5.97 Å². The molecule has 160 valence electrons. The summed E-state index contributed by atoms with van der Waals surface area (Å²) in [5.41, 5.74) is 6.54. The van der Waals surface area contributed by atoms with Crippen LogP contribution >= 0.6 is 11.3 Å². The Morgan fingerprint density at radius 2 is 1.69 bits per heavy atom. The van der Waals surface area contributed by atoms with E-state index in [0.29, 0.717) is 10.9 Å². The van der Waals surface area contributed by atoms with Gasteiger partial charge < -0.3 is 9.47 Å². The lowest BCUT2D eigenvalue weighted by molar-refractivity contribution is -0.149. The molecule has 0 fully saturated rings. The quantitative estimate of drug-likeness (QED) is 0.220. The molecule has 0 saturated carbocycles. The highest BCUT2D eigenvalue weighted by Crippen LogP contribution is 2.25. The van der Waals surface area contributed by atoms with Crippen LogP contribution in [0.15, 0.2) is 95.4 Å². The smallest absolute Gasteiger partial charge is 0.351 e. The van der Waals surface area contributed by atoms with Crippen molar-refractivity contribution in [3.8, 4) is 17.0 Å². The highest BCUT2D eigenvalue weighted by atomic mass is 32.1. The summed E-state index contributed by atoms with van der Waals surface area (Å²) in [5.74, 6) is 0.103. The summed E-state index contributed by atoms with van der Waals surface area (Å²) in [6.07, 6.45) is 0.869. The standard InChI is InChI=1S/C25H21N3O3S/c1-30-24(29)23(20-10-6-3-7-11-20)31-21-14-12-18(13-15-21)16-26-28-25-27-22(17-32-25)19-8-4-2-5-9-19/h2-17,23H,1H3,(H,27,28). The van der Waals surface area contributed by atoms with Gasteiger partial charge in [0.25, 0.3) is 0 Å². The normalized spacial score (nSPS) is 11.8. The van der Waals surface area contributed by atoms with Gasteiger partial charge in [-0.3, -0.25) is 5.43 Å². The predicted octanol–water partition coefficient (Wildman–Crippen LogP) is 5.55. The lowest BCUT2D eigenvalue weighted by Crippen LogP contribution is -2.20. The first-order valence-electron chi connectivity index (χ1n) is 9.92. The van der Waals surface area contributed by atoms with Gasteiger partial charge in [-0.05, 0) is 29.8 Å². The van der Waals surface area contributed by atoms with E-state index < -0.39 is 12.1 Å². The van der Waals surface area contributed by atoms with Crippen LogP contribution in [0.2, 0.25) is 0 Å². The summed E-state index contributed by atoms with van der Waals surface area (Å²) in [7, 11) is 1.35. The Balaban J connectivity index is 1.38. The third-order valence-corrected chi connectivity index (χ3v) is 5.35. The first-order chi connectivity index (χ1) is 15.7. The zero-order valence-electron chi connectivity index (χ0n) is 17.3. The number of thiazole rings is 1. The van der Waals surface area contributed by atoms with Crippen LogP contribution in [0.3, 0.4) is 0 Å². The van der Waals surface area contributed by atoms with E-state index in [1.807, 2.05) is 78.2 Å². The van der Waals surface area contributed by atoms with Gasteiger partial charge in [0, 0.05) is 16.5 Å². The van der Waals surface area contributed by atoms with Crippen molar-refractivity contribution in [2.45, 2.75) is 6.10 Å². The van der Waals surface area contributed by atoms with Crippen molar-refractivity contribution in [1.29, 1.82) is 0 Å². The molecule has 1 atom stereocenters. The van der Waals surface area contributed by atoms with Gasteiger partial charge in [0.2, 0.25) is 11.2 Å². The lowest BCUT2D eigenvalue weighted by Gasteiger charge is -2.17. The van der Waals surface area contributed by atoms with Crippen molar-refractivity contribution < 1.29 is 14.3 Å². The minimum Gasteiger partial charge on any atom is -0.474 e. The molecule has 4 rings (SSSR count). The van der Waals surface area contributed by atoms with Gasteiger partial charge in [-0.2, -0.15) is 5.10 Å². The van der Waals surface area contributed by atoms with Gasteiger partial charge in [0.05, 0.1) is 19.0 Å². The average Bonchev–Trinajstić information content (AvgIpc) is 3.33. The third-order valence-electron chi connectivity index (χ3n) is 4.60. The van der Waals surface area contributed by atoms with Crippen LogP contribution in [0.5, 0.6) is 5.75 Å². The number of ether oxygens (including phenoxy) is 2. The lowest BCUT2D eigenvalue weighted by atomic mass is 10.1. The third kappa shape index (κ3) is 5.39. The van der Waals surface area contributed by atoms with Gasteiger partial charge in [-0.25, -0.2) is 9.78 Å². The number of carbonyl (C=O) groups excluding carboxylic acids is 1. The van der Waals surface area contributed by atoms with Crippen molar-refractivity contribution in [3.05, 3.63) is 101 Å². The fourth-order valence-electron chi connectivity index (χ4n) is 2.98. The number of methoxy groups -OCH3 is 1. The van der Waals surface area contributed by atoms with Gasteiger partial charge in [-0.15, -0.1) is 11.3 Å². The van der Waals surface area contributed by atoms with Crippen molar-refractivity contribution in [1.82, 2.24) is 4.98 Å². The number of hydrogen-bond donors (Lipinski definition) is 1. The Morgan fingerprint density at radius 1 is 1.00 bits per heavy atom. The molecule has 0 amide bonds. The van der Waals surface area contributed by atoms with Crippen molar-refractivity contribution >= 4 is 28.7 Å². The number of benzene rings is 3. The summed E-state index contributed by atoms with van der Waals surface area (Å²) in [4.78, 5) is 16.7. The summed E-state index contributed by atoms with van der Waals surface area (Å²) in [6.45, 7) is 0. The first-order valence-corrected chi connectivity index (χ1v) is 10.8. The molecule has 1 N–H and O–H groups in total. The number of hydrazone groups is 1. The second-order valence-corrected chi connectivity index (χ2v) is 7.63. The van der Waals surface area contributed by atoms with E-state index in [-0.39, 0.29) is 0 Å². The SMILES string of the molecule is COC(=O)C(Oc1ccc(C=NNc2nc(-c3ccccc3)cs2)cc1)c1ccccc1. The molecule has 3 aromatic carbocycles. The largest absolute Gasteiger partial charge is 0.474 e. The summed E-state index contributed by atoms with van der Waals surface area (Å²) in [5, 5.41) is 6.96. The number of nitrogens with one attached hydrogen (secondary N) is 1. The molecule has 4 aromatic rings. The minimum absolute atomic E-state index is 0.454. The predicted molar refractivity (Wildman–Crippen MR) is 127 cm³/mol. The molecule has 0 aliphatic rings. The fraction of sp³-hybridized carbons (Fsp3) is 0.0800. The van der Waals surface area contributed by atoms with Crippen LogP contribution in [0, 0.1) is 0 Å². The van der Waals surface area contributed by atoms with Crippen LogP contribution in [0.25, 0.3) is 11.3 Å².